The van der Waals surface area contributed by atoms with Crippen LogP contribution >= 0.6 is 0 Å². The highest BCUT2D eigenvalue weighted by Crippen LogP contribution is 2.21. The number of aromatic nitrogens is 2. The molecular formula is C18H21N3O2. The summed E-state index contributed by atoms with van der Waals surface area (Å²) in [6.07, 6.45) is 6.89. The van der Waals surface area contributed by atoms with E-state index in [-0.39, 0.29) is 5.56 Å². The Bertz CT molecular complexity index is 702. The maximum Gasteiger partial charge on any atom is 0.335 e. The highest BCUT2D eigenvalue weighted by Gasteiger charge is 2.18. The molecule has 1 N–H and O–H groups in total. The van der Waals surface area contributed by atoms with Crippen LogP contribution in [0.5, 0.6) is 0 Å². The summed E-state index contributed by atoms with van der Waals surface area (Å²) in [5.74, 6) is -0.315. The average molecular weight is 311 g/mol. The summed E-state index contributed by atoms with van der Waals surface area (Å²) in [6.45, 7) is 2.27. The fourth-order valence-electron chi connectivity index (χ4n) is 3.19. The van der Waals surface area contributed by atoms with Crippen LogP contribution in [0.2, 0.25) is 0 Å². The first-order valence-electron chi connectivity index (χ1n) is 7.95. The van der Waals surface area contributed by atoms with Gasteiger partial charge in [-0.15, -0.1) is 0 Å². The lowest BCUT2D eigenvalue weighted by atomic mass is 9.94. The first kappa shape index (κ1) is 15.6. The van der Waals surface area contributed by atoms with E-state index in [0.29, 0.717) is 5.92 Å². The number of aromatic carboxylic acids is 1. The van der Waals surface area contributed by atoms with Crippen molar-refractivity contribution in [1.29, 1.82) is 0 Å². The van der Waals surface area contributed by atoms with Crippen molar-refractivity contribution in [3.63, 3.8) is 0 Å². The number of piperidine rings is 1. The van der Waals surface area contributed by atoms with Crippen LogP contribution in [0.3, 0.4) is 0 Å². The van der Waals surface area contributed by atoms with Gasteiger partial charge in [0.2, 0.25) is 0 Å². The molecule has 23 heavy (non-hydrogen) atoms. The molecule has 0 spiro atoms. The van der Waals surface area contributed by atoms with E-state index in [4.69, 9.17) is 5.11 Å². The van der Waals surface area contributed by atoms with Crippen molar-refractivity contribution in [2.24, 2.45) is 5.92 Å². The van der Waals surface area contributed by atoms with E-state index in [1.54, 1.807) is 24.4 Å². The molecule has 1 aliphatic rings. The molecule has 0 radical (unpaired) electrons. The van der Waals surface area contributed by atoms with Crippen LogP contribution < -0.4 is 0 Å². The van der Waals surface area contributed by atoms with Crippen LogP contribution in [0, 0.1) is 5.92 Å². The summed E-state index contributed by atoms with van der Waals surface area (Å²) in [5, 5.41) is 9.11. The normalized spacial score (nSPS) is 18.7. The van der Waals surface area contributed by atoms with Crippen molar-refractivity contribution in [3.8, 4) is 11.3 Å². The van der Waals surface area contributed by atoms with Gasteiger partial charge in [0.1, 0.15) is 0 Å². The van der Waals surface area contributed by atoms with Gasteiger partial charge in [0.25, 0.3) is 0 Å². The van der Waals surface area contributed by atoms with Gasteiger partial charge in [-0.1, -0.05) is 12.1 Å². The van der Waals surface area contributed by atoms with Gasteiger partial charge in [-0.25, -0.2) is 9.78 Å². The minimum Gasteiger partial charge on any atom is -0.478 e. The lowest BCUT2D eigenvalue weighted by Crippen LogP contribution is -2.33. The third-order valence-corrected chi connectivity index (χ3v) is 4.31. The molecule has 5 nitrogen and oxygen atoms in total. The van der Waals surface area contributed by atoms with Crippen LogP contribution in [-0.4, -0.2) is 46.1 Å². The predicted molar refractivity (Wildman–Crippen MR) is 88.4 cm³/mol. The fraction of sp³-hybridized carbons (Fsp3) is 0.389. The highest BCUT2D eigenvalue weighted by atomic mass is 16.4. The van der Waals surface area contributed by atoms with E-state index >= 15 is 0 Å². The smallest absolute Gasteiger partial charge is 0.335 e. The number of nitrogens with zero attached hydrogens (tertiary/aromatic N) is 3. The third kappa shape index (κ3) is 3.93. The van der Waals surface area contributed by atoms with Crippen molar-refractivity contribution in [2.45, 2.75) is 19.3 Å². The number of carboxylic acids is 1. The molecular weight excluding hydrogens is 290 g/mol. The number of hydrogen-bond donors (Lipinski definition) is 1. The van der Waals surface area contributed by atoms with Gasteiger partial charge in [0.15, 0.2) is 0 Å². The standard InChI is InChI=1S/C18H21N3O2/c1-21-7-3-4-13(12-21)8-16-10-19-11-17(20-16)14-5-2-6-15(9-14)18(22)23/h2,5-6,9-11,13H,3-4,7-8,12H2,1H3,(H,22,23)/t13-/m1/s1. The Balaban J connectivity index is 1.79. The average Bonchev–Trinajstić information content (AvgIpc) is 2.55. The van der Waals surface area contributed by atoms with Gasteiger partial charge < -0.3 is 10.0 Å². The summed E-state index contributed by atoms with van der Waals surface area (Å²) < 4.78 is 0. The van der Waals surface area contributed by atoms with E-state index in [9.17, 15) is 4.79 Å². The molecule has 1 aromatic carbocycles. The van der Waals surface area contributed by atoms with Gasteiger partial charge >= 0.3 is 5.97 Å². The minimum absolute atomic E-state index is 0.267. The Kier molecular flexibility index (Phi) is 4.67. The predicted octanol–water partition coefficient (Wildman–Crippen LogP) is 2.73. The van der Waals surface area contributed by atoms with E-state index < -0.39 is 5.97 Å². The zero-order valence-electron chi connectivity index (χ0n) is 13.3. The Hall–Kier alpha value is -2.27. The molecule has 0 aliphatic carbocycles. The molecule has 2 heterocycles. The number of carbonyl (C=O) groups is 1. The molecule has 120 valence electrons. The number of hydrogen-bond acceptors (Lipinski definition) is 4. The lowest BCUT2D eigenvalue weighted by Gasteiger charge is -2.29. The van der Waals surface area contributed by atoms with Gasteiger partial charge in [-0.3, -0.25) is 4.98 Å². The molecule has 0 unspecified atom stereocenters. The minimum atomic E-state index is -0.929. The van der Waals surface area contributed by atoms with Gasteiger partial charge in [-0.05, 0) is 50.9 Å². The molecule has 2 aromatic rings. The zero-order valence-corrected chi connectivity index (χ0v) is 13.3. The van der Waals surface area contributed by atoms with Gasteiger partial charge in [0, 0.05) is 18.3 Å². The second kappa shape index (κ2) is 6.87. The molecule has 1 aliphatic heterocycles. The first-order chi connectivity index (χ1) is 11.1. The number of carboxylic acid groups (broad SMARTS) is 1. The SMILES string of the molecule is CN1CCC[C@H](Cc2cncc(-c3cccc(C(=O)O)c3)n2)C1. The Morgan fingerprint density at radius 3 is 3.04 bits per heavy atom. The second-order valence-electron chi connectivity index (χ2n) is 6.26. The molecule has 0 saturated carbocycles. The van der Waals surface area contributed by atoms with Crippen LogP contribution in [0.4, 0.5) is 0 Å². The van der Waals surface area contributed by atoms with Crippen LogP contribution in [0.25, 0.3) is 11.3 Å². The number of likely N-dealkylation sites (tertiary alicyclic amines) is 1. The van der Waals surface area contributed by atoms with Crippen molar-refractivity contribution in [1.82, 2.24) is 14.9 Å². The first-order valence-corrected chi connectivity index (χ1v) is 7.95. The summed E-state index contributed by atoms with van der Waals surface area (Å²) in [7, 11) is 2.16. The quantitative estimate of drug-likeness (QED) is 0.940. The fourth-order valence-corrected chi connectivity index (χ4v) is 3.19. The van der Waals surface area contributed by atoms with Crippen LogP contribution in [-0.2, 0) is 6.42 Å². The van der Waals surface area contributed by atoms with Crippen LogP contribution in [0.1, 0.15) is 28.9 Å². The van der Waals surface area contributed by atoms with Gasteiger partial charge in [-0.2, -0.15) is 0 Å². The number of benzene rings is 1. The molecule has 1 aromatic heterocycles. The molecule has 0 amide bonds. The Morgan fingerprint density at radius 2 is 2.26 bits per heavy atom. The van der Waals surface area contributed by atoms with E-state index in [0.717, 1.165) is 29.9 Å². The van der Waals surface area contributed by atoms with Gasteiger partial charge in [0.05, 0.1) is 23.1 Å². The van der Waals surface area contributed by atoms with Crippen molar-refractivity contribution < 1.29 is 9.90 Å². The Morgan fingerprint density at radius 1 is 1.39 bits per heavy atom. The largest absolute Gasteiger partial charge is 0.478 e. The zero-order chi connectivity index (χ0) is 16.2. The third-order valence-electron chi connectivity index (χ3n) is 4.31. The molecule has 5 heteroatoms. The molecule has 1 saturated heterocycles. The van der Waals surface area contributed by atoms with Crippen molar-refractivity contribution in [3.05, 3.63) is 47.9 Å². The molecule has 3 rings (SSSR count). The van der Waals surface area contributed by atoms with E-state index in [2.05, 4.69) is 21.9 Å². The van der Waals surface area contributed by atoms with Crippen molar-refractivity contribution in [2.75, 3.05) is 20.1 Å². The molecule has 1 atom stereocenters. The summed E-state index contributed by atoms with van der Waals surface area (Å²) in [6, 6.07) is 6.84. The summed E-state index contributed by atoms with van der Waals surface area (Å²) in [4.78, 5) is 22.5. The Labute approximate surface area is 136 Å². The summed E-state index contributed by atoms with van der Waals surface area (Å²) >= 11 is 0. The topological polar surface area (TPSA) is 66.3 Å². The van der Waals surface area contributed by atoms with E-state index in [1.807, 2.05) is 12.3 Å². The summed E-state index contributed by atoms with van der Waals surface area (Å²) in [5.41, 5.74) is 2.77. The maximum absolute atomic E-state index is 11.1. The van der Waals surface area contributed by atoms with E-state index in [1.165, 1.54) is 19.4 Å². The molecule has 0 bridgehead atoms. The second-order valence-corrected chi connectivity index (χ2v) is 6.26. The monoisotopic (exact) mass is 311 g/mol. The molecule has 1 fully saturated rings. The van der Waals surface area contributed by atoms with Crippen molar-refractivity contribution >= 4 is 5.97 Å². The van der Waals surface area contributed by atoms with Crippen LogP contribution in [0.15, 0.2) is 36.7 Å². The highest BCUT2D eigenvalue weighted by molar-refractivity contribution is 5.89. The lowest BCUT2D eigenvalue weighted by molar-refractivity contribution is 0.0697. The maximum atomic E-state index is 11.1. The number of rotatable bonds is 4.